The monoisotopic (exact) mass is 208 g/mol. The lowest BCUT2D eigenvalue weighted by atomic mass is 9.77. The van der Waals surface area contributed by atoms with Gasteiger partial charge in [0.25, 0.3) is 0 Å². The van der Waals surface area contributed by atoms with Crippen LogP contribution >= 0.6 is 0 Å². The first kappa shape index (κ1) is 9.00. The van der Waals surface area contributed by atoms with E-state index in [0.717, 1.165) is 5.92 Å². The van der Waals surface area contributed by atoms with Gasteiger partial charge in [-0.1, -0.05) is 32.1 Å². The highest BCUT2D eigenvalue weighted by Gasteiger charge is 2.70. The molecule has 0 aromatic carbocycles. The molecule has 0 amide bonds. The summed E-state index contributed by atoms with van der Waals surface area (Å²) in [7, 11) is 0. The third-order valence-electron chi connectivity index (χ3n) is 4.95. The first-order chi connectivity index (χ1) is 7.37. The van der Waals surface area contributed by atoms with Crippen molar-refractivity contribution in [3.63, 3.8) is 0 Å². The number of epoxide rings is 2. The topological polar surface area (TPSA) is 25.1 Å². The smallest absolute Gasteiger partial charge is 0.116 e. The number of ether oxygens (including phenoxy) is 2. The predicted molar refractivity (Wildman–Crippen MR) is 56.7 cm³/mol. The summed E-state index contributed by atoms with van der Waals surface area (Å²) in [6.45, 7) is 0. The van der Waals surface area contributed by atoms with E-state index in [9.17, 15) is 0 Å². The second-order valence-corrected chi connectivity index (χ2v) is 5.99. The van der Waals surface area contributed by atoms with Gasteiger partial charge in [0, 0.05) is 0 Å². The molecule has 2 nitrogen and oxygen atoms in total. The van der Waals surface area contributed by atoms with Crippen molar-refractivity contribution in [2.45, 2.75) is 75.3 Å². The summed E-state index contributed by atoms with van der Waals surface area (Å²) < 4.78 is 11.6. The van der Waals surface area contributed by atoms with Gasteiger partial charge >= 0.3 is 0 Å². The molecule has 2 saturated heterocycles. The molecule has 0 spiro atoms. The summed E-state index contributed by atoms with van der Waals surface area (Å²) in [5.74, 6) is 0.957. The van der Waals surface area contributed by atoms with Crippen LogP contribution in [-0.2, 0) is 9.47 Å². The second-order valence-electron chi connectivity index (χ2n) is 5.99. The third kappa shape index (κ3) is 1.38. The lowest BCUT2D eigenvalue weighted by Crippen LogP contribution is -2.28. The van der Waals surface area contributed by atoms with E-state index in [4.69, 9.17) is 9.47 Å². The Hall–Kier alpha value is -0.0800. The molecule has 2 heterocycles. The zero-order valence-electron chi connectivity index (χ0n) is 9.28. The largest absolute Gasteiger partial charge is 0.367 e. The minimum absolute atomic E-state index is 0.291. The van der Waals surface area contributed by atoms with Crippen LogP contribution in [0.4, 0.5) is 0 Å². The lowest BCUT2D eigenvalue weighted by Gasteiger charge is -2.25. The molecule has 2 saturated carbocycles. The first-order valence-corrected chi connectivity index (χ1v) is 6.71. The molecule has 4 unspecified atom stereocenters. The van der Waals surface area contributed by atoms with Crippen LogP contribution in [0.5, 0.6) is 0 Å². The van der Waals surface area contributed by atoms with Gasteiger partial charge in [-0.2, -0.15) is 0 Å². The van der Waals surface area contributed by atoms with Crippen LogP contribution in [0.25, 0.3) is 0 Å². The normalized spacial score (nSPS) is 53.2. The molecule has 84 valence electrons. The molecule has 4 atom stereocenters. The maximum atomic E-state index is 6.00. The average Bonchev–Trinajstić information content (AvgIpc) is 3.10. The van der Waals surface area contributed by atoms with Gasteiger partial charge in [-0.25, -0.2) is 0 Å². The van der Waals surface area contributed by atoms with Gasteiger partial charge in [-0.3, -0.25) is 0 Å². The van der Waals surface area contributed by atoms with Gasteiger partial charge in [0.15, 0.2) is 0 Å². The third-order valence-corrected chi connectivity index (χ3v) is 4.95. The number of hydrogen-bond donors (Lipinski definition) is 0. The highest BCUT2D eigenvalue weighted by atomic mass is 16.7. The van der Waals surface area contributed by atoms with Gasteiger partial charge in [-0.15, -0.1) is 0 Å². The summed E-state index contributed by atoms with van der Waals surface area (Å²) in [4.78, 5) is 0. The zero-order chi connectivity index (χ0) is 9.88. The van der Waals surface area contributed by atoms with Crippen LogP contribution in [0.3, 0.4) is 0 Å². The van der Waals surface area contributed by atoms with Crippen LogP contribution in [0.15, 0.2) is 0 Å². The number of fused-ring (bicyclic) bond motifs is 3. The van der Waals surface area contributed by atoms with Gasteiger partial charge in [0.1, 0.15) is 12.2 Å². The fourth-order valence-electron chi connectivity index (χ4n) is 3.97. The van der Waals surface area contributed by atoms with Crippen LogP contribution < -0.4 is 0 Å². The van der Waals surface area contributed by atoms with Crippen molar-refractivity contribution in [3.8, 4) is 0 Å². The quantitative estimate of drug-likeness (QED) is 0.652. The molecule has 4 aliphatic rings. The van der Waals surface area contributed by atoms with Crippen LogP contribution in [0, 0.1) is 5.92 Å². The molecule has 4 rings (SSSR count). The Bertz CT molecular complexity index is 272. The standard InChI is InChI=1S/C13H20O2/c1-2-4-9(5-3-1)8-13-7-6-10-11(14-10)12(13)15-13/h9-12H,1-8H2. The fraction of sp³-hybridized carbons (Fsp3) is 1.00. The highest BCUT2D eigenvalue weighted by Crippen LogP contribution is 2.58. The summed E-state index contributed by atoms with van der Waals surface area (Å²) in [6.07, 6.45) is 12.7. The Balaban J connectivity index is 1.41. The van der Waals surface area contributed by atoms with Crippen LogP contribution in [-0.4, -0.2) is 23.9 Å². The number of rotatable bonds is 2. The van der Waals surface area contributed by atoms with Crippen molar-refractivity contribution in [3.05, 3.63) is 0 Å². The van der Waals surface area contributed by atoms with Crippen molar-refractivity contribution in [2.75, 3.05) is 0 Å². The maximum Gasteiger partial charge on any atom is 0.116 e. The predicted octanol–water partition coefficient (Wildman–Crippen LogP) is 2.66. The minimum Gasteiger partial charge on any atom is -0.367 e. The summed E-state index contributed by atoms with van der Waals surface area (Å²) >= 11 is 0. The molecule has 2 aliphatic heterocycles. The van der Waals surface area contributed by atoms with Crippen molar-refractivity contribution >= 4 is 0 Å². The first-order valence-electron chi connectivity index (χ1n) is 6.71. The van der Waals surface area contributed by atoms with Crippen molar-refractivity contribution < 1.29 is 9.47 Å². The van der Waals surface area contributed by atoms with Crippen LogP contribution in [0.2, 0.25) is 0 Å². The van der Waals surface area contributed by atoms with Crippen molar-refractivity contribution in [2.24, 2.45) is 5.92 Å². The highest BCUT2D eigenvalue weighted by molar-refractivity contribution is 5.17. The molecular weight excluding hydrogens is 188 g/mol. The van der Waals surface area contributed by atoms with Gasteiger partial charge in [-0.05, 0) is 25.2 Å². The molecule has 0 aromatic heterocycles. The molecule has 2 aliphatic carbocycles. The molecule has 0 bridgehead atoms. The van der Waals surface area contributed by atoms with Crippen molar-refractivity contribution in [1.29, 1.82) is 0 Å². The van der Waals surface area contributed by atoms with Gasteiger partial charge in [0.05, 0.1) is 11.7 Å². The van der Waals surface area contributed by atoms with E-state index in [1.165, 1.54) is 51.4 Å². The van der Waals surface area contributed by atoms with E-state index in [0.29, 0.717) is 23.9 Å². The van der Waals surface area contributed by atoms with E-state index in [1.54, 1.807) is 0 Å². The Kier molecular flexibility index (Phi) is 1.79. The summed E-state index contributed by atoms with van der Waals surface area (Å²) in [5.41, 5.74) is 0.291. The lowest BCUT2D eigenvalue weighted by molar-refractivity contribution is 0.200. The van der Waals surface area contributed by atoms with E-state index in [-0.39, 0.29) is 0 Å². The van der Waals surface area contributed by atoms with Gasteiger partial charge in [0.2, 0.25) is 0 Å². The summed E-state index contributed by atoms with van der Waals surface area (Å²) in [5, 5.41) is 0. The molecule has 15 heavy (non-hydrogen) atoms. The Morgan fingerprint density at radius 2 is 1.93 bits per heavy atom. The SMILES string of the molecule is C1CCC(CC23CCC4OC4C2O3)CC1. The van der Waals surface area contributed by atoms with Crippen LogP contribution in [0.1, 0.15) is 51.4 Å². The molecular formula is C13H20O2. The second kappa shape index (κ2) is 2.98. The zero-order valence-corrected chi connectivity index (χ0v) is 9.28. The Morgan fingerprint density at radius 3 is 2.80 bits per heavy atom. The van der Waals surface area contributed by atoms with E-state index in [1.807, 2.05) is 0 Å². The molecule has 0 N–H and O–H groups in total. The fourth-order valence-corrected chi connectivity index (χ4v) is 3.97. The summed E-state index contributed by atoms with van der Waals surface area (Å²) in [6, 6.07) is 0. The van der Waals surface area contributed by atoms with E-state index < -0.39 is 0 Å². The molecule has 0 radical (unpaired) electrons. The van der Waals surface area contributed by atoms with Crippen molar-refractivity contribution in [1.82, 2.24) is 0 Å². The molecule has 0 aromatic rings. The molecule has 2 heteroatoms. The van der Waals surface area contributed by atoms with E-state index >= 15 is 0 Å². The maximum absolute atomic E-state index is 6.00. The molecule has 4 fully saturated rings. The average molecular weight is 208 g/mol. The van der Waals surface area contributed by atoms with Gasteiger partial charge < -0.3 is 9.47 Å². The Morgan fingerprint density at radius 1 is 1.07 bits per heavy atom. The minimum atomic E-state index is 0.291. The number of hydrogen-bond acceptors (Lipinski definition) is 2. The Labute approximate surface area is 91.3 Å². The van der Waals surface area contributed by atoms with E-state index in [2.05, 4.69) is 0 Å².